The third kappa shape index (κ3) is 5.86. The van der Waals surface area contributed by atoms with E-state index in [9.17, 15) is 9.59 Å². The lowest BCUT2D eigenvalue weighted by atomic mass is 10.1. The van der Waals surface area contributed by atoms with E-state index in [1.807, 2.05) is 31.2 Å². The largest absolute Gasteiger partial charge is 1.00 e. The summed E-state index contributed by atoms with van der Waals surface area (Å²) in [5.74, 6) is -0.161. The number of amides is 1. The molecule has 0 atom stereocenters. The second-order valence-electron chi connectivity index (χ2n) is 5.38. The molecule has 0 saturated carbocycles. The standard InChI is InChI=1S/C18H20N2O3.BrH/c1-14-3-5-15(6-4-14)17(22)13-20-10-7-16(8-11-20)18(23)19-9-2-12-21;/h3-8,10-11,21H,2,9,12-13H2,1H3;1H. The van der Waals surface area contributed by atoms with Crippen molar-refractivity contribution < 1.29 is 36.2 Å². The first-order chi connectivity index (χ1) is 11.1. The van der Waals surface area contributed by atoms with Crippen molar-refractivity contribution in [3.63, 3.8) is 0 Å². The van der Waals surface area contributed by atoms with E-state index in [2.05, 4.69) is 5.32 Å². The maximum atomic E-state index is 12.2. The molecule has 0 fully saturated rings. The number of aliphatic hydroxyl groups is 1. The summed E-state index contributed by atoms with van der Waals surface area (Å²) in [6, 6.07) is 10.8. The molecule has 1 aromatic carbocycles. The first-order valence-corrected chi connectivity index (χ1v) is 7.58. The summed E-state index contributed by atoms with van der Waals surface area (Å²) < 4.78 is 1.74. The van der Waals surface area contributed by atoms with Crippen LogP contribution in [-0.2, 0) is 6.54 Å². The Morgan fingerprint density at radius 3 is 2.25 bits per heavy atom. The van der Waals surface area contributed by atoms with Gasteiger partial charge in [-0.05, 0) is 13.3 Å². The minimum atomic E-state index is -0.185. The highest BCUT2D eigenvalue weighted by Gasteiger charge is 2.13. The minimum Gasteiger partial charge on any atom is -1.00 e. The van der Waals surface area contributed by atoms with Crippen LogP contribution in [0.5, 0.6) is 0 Å². The van der Waals surface area contributed by atoms with Crippen LogP contribution in [-0.4, -0.2) is 29.9 Å². The number of hydrogen-bond donors (Lipinski definition) is 2. The van der Waals surface area contributed by atoms with Crippen LogP contribution in [0.2, 0.25) is 0 Å². The van der Waals surface area contributed by atoms with Gasteiger partial charge in [-0.15, -0.1) is 0 Å². The summed E-state index contributed by atoms with van der Waals surface area (Å²) in [6.45, 7) is 2.70. The van der Waals surface area contributed by atoms with Crippen LogP contribution < -0.4 is 26.9 Å². The first-order valence-electron chi connectivity index (χ1n) is 7.58. The third-order valence-corrected chi connectivity index (χ3v) is 3.47. The number of halogens is 1. The van der Waals surface area contributed by atoms with E-state index >= 15 is 0 Å². The van der Waals surface area contributed by atoms with Gasteiger partial charge in [0.05, 0.1) is 5.56 Å². The molecule has 1 amide bonds. The van der Waals surface area contributed by atoms with Gasteiger partial charge in [0, 0.05) is 30.8 Å². The Hall–Kier alpha value is -2.05. The molecule has 6 heteroatoms. The minimum absolute atomic E-state index is 0. The average Bonchev–Trinajstić information content (AvgIpc) is 2.56. The number of aryl methyl sites for hydroxylation is 1. The lowest BCUT2D eigenvalue weighted by Gasteiger charge is -2.03. The summed E-state index contributed by atoms with van der Waals surface area (Å²) in [7, 11) is 0. The van der Waals surface area contributed by atoms with E-state index in [0.717, 1.165) is 5.56 Å². The molecule has 1 heterocycles. The quantitative estimate of drug-likeness (QED) is 0.334. The Bertz CT molecular complexity index is 670. The van der Waals surface area contributed by atoms with Gasteiger partial charge in [-0.2, -0.15) is 4.57 Å². The fourth-order valence-electron chi connectivity index (χ4n) is 2.09. The zero-order chi connectivity index (χ0) is 16.7. The number of carbonyl (C=O) groups is 2. The predicted molar refractivity (Wildman–Crippen MR) is 86.2 cm³/mol. The van der Waals surface area contributed by atoms with E-state index in [4.69, 9.17) is 5.11 Å². The highest BCUT2D eigenvalue weighted by atomic mass is 79.9. The van der Waals surface area contributed by atoms with E-state index in [1.54, 1.807) is 29.1 Å². The molecule has 2 N–H and O–H groups in total. The summed E-state index contributed by atoms with van der Waals surface area (Å²) in [5, 5.41) is 11.4. The molecular formula is C18H21BrN2O3. The molecule has 24 heavy (non-hydrogen) atoms. The summed E-state index contributed by atoms with van der Waals surface area (Å²) in [6.07, 6.45) is 3.96. The van der Waals surface area contributed by atoms with Gasteiger partial charge in [-0.25, -0.2) is 0 Å². The van der Waals surface area contributed by atoms with Gasteiger partial charge in [-0.1, -0.05) is 29.8 Å². The number of ketones is 1. The number of hydrogen-bond acceptors (Lipinski definition) is 3. The Labute approximate surface area is 152 Å². The normalized spacial score (nSPS) is 9.92. The fourth-order valence-corrected chi connectivity index (χ4v) is 2.09. The molecule has 0 unspecified atom stereocenters. The first kappa shape index (κ1) is 20.0. The Morgan fingerprint density at radius 1 is 1.04 bits per heavy atom. The molecule has 0 aliphatic carbocycles. The van der Waals surface area contributed by atoms with Crippen molar-refractivity contribution in [2.24, 2.45) is 0 Å². The van der Waals surface area contributed by atoms with Crippen molar-refractivity contribution in [1.29, 1.82) is 0 Å². The van der Waals surface area contributed by atoms with E-state index < -0.39 is 0 Å². The lowest BCUT2D eigenvalue weighted by molar-refractivity contribution is -0.683. The summed E-state index contributed by atoms with van der Waals surface area (Å²) >= 11 is 0. The highest BCUT2D eigenvalue weighted by Crippen LogP contribution is 2.04. The zero-order valence-corrected chi connectivity index (χ0v) is 15.1. The molecule has 1 aromatic heterocycles. The molecule has 2 rings (SSSR count). The third-order valence-electron chi connectivity index (χ3n) is 3.47. The number of pyridine rings is 1. The van der Waals surface area contributed by atoms with Gasteiger partial charge in [0.1, 0.15) is 0 Å². The molecule has 2 aromatic rings. The van der Waals surface area contributed by atoms with Crippen molar-refractivity contribution in [2.75, 3.05) is 13.2 Å². The molecule has 0 aliphatic heterocycles. The number of benzene rings is 1. The van der Waals surface area contributed by atoms with E-state index in [0.29, 0.717) is 24.1 Å². The maximum Gasteiger partial charge on any atom is 0.251 e. The zero-order valence-electron chi connectivity index (χ0n) is 13.5. The Balaban J connectivity index is 0.00000288. The van der Waals surface area contributed by atoms with Crippen LogP contribution in [0, 0.1) is 6.92 Å². The molecule has 0 aliphatic rings. The van der Waals surface area contributed by atoms with Crippen molar-refractivity contribution in [1.82, 2.24) is 5.32 Å². The number of carbonyl (C=O) groups excluding carboxylic acids is 2. The lowest BCUT2D eigenvalue weighted by Crippen LogP contribution is -3.00. The Kier molecular flexibility index (Phi) is 8.29. The van der Waals surface area contributed by atoms with Crippen LogP contribution in [0.25, 0.3) is 0 Å². The number of aliphatic hydroxyl groups excluding tert-OH is 1. The highest BCUT2D eigenvalue weighted by molar-refractivity contribution is 5.95. The number of nitrogens with one attached hydrogen (secondary N) is 1. The smallest absolute Gasteiger partial charge is 0.251 e. The molecule has 0 bridgehead atoms. The van der Waals surface area contributed by atoms with Crippen LogP contribution in [0.3, 0.4) is 0 Å². The molecule has 0 spiro atoms. The maximum absolute atomic E-state index is 12.2. The van der Waals surface area contributed by atoms with E-state index in [1.165, 1.54) is 0 Å². The number of rotatable bonds is 7. The topological polar surface area (TPSA) is 70.3 Å². The van der Waals surface area contributed by atoms with Crippen molar-refractivity contribution in [3.8, 4) is 0 Å². The Morgan fingerprint density at radius 2 is 1.67 bits per heavy atom. The molecular weight excluding hydrogens is 372 g/mol. The number of aromatic nitrogens is 1. The van der Waals surface area contributed by atoms with Gasteiger partial charge in [0.2, 0.25) is 12.3 Å². The van der Waals surface area contributed by atoms with Gasteiger partial charge in [0.25, 0.3) is 5.91 Å². The number of nitrogens with zero attached hydrogens (tertiary/aromatic N) is 1. The molecule has 128 valence electrons. The van der Waals surface area contributed by atoms with Gasteiger partial charge < -0.3 is 27.4 Å². The average molecular weight is 393 g/mol. The summed E-state index contributed by atoms with van der Waals surface area (Å²) in [4.78, 5) is 24.0. The van der Waals surface area contributed by atoms with Crippen molar-refractivity contribution >= 4 is 11.7 Å². The summed E-state index contributed by atoms with van der Waals surface area (Å²) in [5.41, 5.74) is 2.32. The second-order valence-corrected chi connectivity index (χ2v) is 5.38. The molecule has 0 saturated heterocycles. The van der Waals surface area contributed by atoms with E-state index in [-0.39, 0.29) is 41.8 Å². The van der Waals surface area contributed by atoms with Crippen molar-refractivity contribution in [3.05, 3.63) is 65.5 Å². The monoisotopic (exact) mass is 392 g/mol. The fraction of sp³-hybridized carbons (Fsp3) is 0.278. The van der Waals surface area contributed by atoms with Gasteiger partial charge in [0.15, 0.2) is 12.4 Å². The van der Waals surface area contributed by atoms with Crippen LogP contribution in [0.1, 0.15) is 32.7 Å². The number of Topliss-reactive ketones (excluding diaryl/α,β-unsaturated/α-hetero) is 1. The SMILES string of the molecule is Cc1ccc(C(=O)C[n+]2ccc(C(=O)NCCCO)cc2)cc1.[Br-]. The van der Waals surface area contributed by atoms with Crippen LogP contribution in [0.15, 0.2) is 48.8 Å². The van der Waals surface area contributed by atoms with Gasteiger partial charge >= 0.3 is 0 Å². The predicted octanol–water partition coefficient (Wildman–Crippen LogP) is -1.72. The van der Waals surface area contributed by atoms with Gasteiger partial charge in [-0.3, -0.25) is 9.59 Å². The molecule has 0 radical (unpaired) electrons. The van der Waals surface area contributed by atoms with Crippen LogP contribution in [0.4, 0.5) is 0 Å². The van der Waals surface area contributed by atoms with Crippen LogP contribution >= 0.6 is 0 Å². The second kappa shape index (κ2) is 9.95. The molecule has 5 nitrogen and oxygen atoms in total. The van der Waals surface area contributed by atoms with Crippen molar-refractivity contribution in [2.45, 2.75) is 19.9 Å².